The highest BCUT2D eigenvalue weighted by molar-refractivity contribution is 8.07. The number of hydrogen-bond acceptors (Lipinski definition) is 2. The van der Waals surface area contributed by atoms with Crippen molar-refractivity contribution >= 4 is 23.5 Å². The maximum Gasteiger partial charge on any atom is 0.0416 e. The summed E-state index contributed by atoms with van der Waals surface area (Å²) in [7, 11) is 0. The average Bonchev–Trinajstić information content (AvgIpc) is 3.40. The van der Waals surface area contributed by atoms with E-state index in [1.165, 1.54) is 22.3 Å². The molecule has 0 saturated carbocycles. The van der Waals surface area contributed by atoms with Gasteiger partial charge in [0.2, 0.25) is 0 Å². The first kappa shape index (κ1) is 13.8. The molecule has 0 bridgehead atoms. The summed E-state index contributed by atoms with van der Waals surface area (Å²) in [6.45, 7) is 4.62. The molecule has 2 fully saturated rings. The Labute approximate surface area is 135 Å². The lowest BCUT2D eigenvalue weighted by molar-refractivity contribution is 1.03. The molecule has 2 heteroatoms. The van der Waals surface area contributed by atoms with E-state index in [-0.39, 0.29) is 0 Å². The van der Waals surface area contributed by atoms with Crippen LogP contribution in [0.2, 0.25) is 0 Å². The maximum atomic E-state index is 2.31. The Morgan fingerprint density at radius 1 is 0.667 bits per heavy atom. The first-order valence-electron chi connectivity index (χ1n) is 7.69. The molecule has 2 saturated heterocycles. The standard InChI is InChI=1S/C19H20S2/c1-12-18(20-12)16-7-3-14(4-8-16)11-15-5-9-17(10-6-15)19-13(2)21-19/h3-10,12-13,18-19H,11H2,1-2H3. The fourth-order valence-electron chi connectivity index (χ4n) is 2.96. The zero-order chi connectivity index (χ0) is 14.4. The lowest BCUT2D eigenvalue weighted by atomic mass is 10.0. The zero-order valence-corrected chi connectivity index (χ0v) is 14.1. The summed E-state index contributed by atoms with van der Waals surface area (Å²) >= 11 is 4.13. The van der Waals surface area contributed by atoms with Gasteiger partial charge in [0.25, 0.3) is 0 Å². The number of thioether (sulfide) groups is 2. The van der Waals surface area contributed by atoms with Crippen LogP contribution in [-0.2, 0) is 6.42 Å². The van der Waals surface area contributed by atoms with Gasteiger partial charge in [0.15, 0.2) is 0 Å². The highest BCUT2D eigenvalue weighted by Gasteiger charge is 2.35. The lowest BCUT2D eigenvalue weighted by Crippen LogP contribution is -1.91. The van der Waals surface area contributed by atoms with Crippen molar-refractivity contribution in [2.45, 2.75) is 41.3 Å². The molecule has 0 radical (unpaired) electrons. The van der Waals surface area contributed by atoms with Gasteiger partial charge in [0, 0.05) is 21.0 Å². The van der Waals surface area contributed by atoms with Gasteiger partial charge in [-0.1, -0.05) is 62.4 Å². The highest BCUT2D eigenvalue weighted by Crippen LogP contribution is 2.55. The highest BCUT2D eigenvalue weighted by atomic mass is 32.2. The lowest BCUT2D eigenvalue weighted by Gasteiger charge is -2.05. The van der Waals surface area contributed by atoms with Gasteiger partial charge < -0.3 is 0 Å². The smallest absolute Gasteiger partial charge is 0.0416 e. The fraction of sp³-hybridized carbons (Fsp3) is 0.368. The van der Waals surface area contributed by atoms with Gasteiger partial charge in [-0.3, -0.25) is 0 Å². The maximum absolute atomic E-state index is 2.31. The summed E-state index contributed by atoms with van der Waals surface area (Å²) < 4.78 is 0. The summed E-state index contributed by atoms with van der Waals surface area (Å²) in [4.78, 5) is 0. The zero-order valence-electron chi connectivity index (χ0n) is 12.5. The monoisotopic (exact) mass is 312 g/mol. The predicted octanol–water partition coefficient (Wildman–Crippen LogP) is 5.63. The van der Waals surface area contributed by atoms with Crippen LogP contribution in [0.1, 0.15) is 46.6 Å². The van der Waals surface area contributed by atoms with Crippen LogP contribution in [0.25, 0.3) is 0 Å². The summed E-state index contributed by atoms with van der Waals surface area (Å²) in [6, 6.07) is 18.4. The number of hydrogen-bond donors (Lipinski definition) is 0. The van der Waals surface area contributed by atoms with Gasteiger partial charge in [-0.15, -0.1) is 23.5 Å². The van der Waals surface area contributed by atoms with Gasteiger partial charge in [-0.05, 0) is 28.7 Å². The van der Waals surface area contributed by atoms with Gasteiger partial charge in [-0.25, -0.2) is 0 Å². The van der Waals surface area contributed by atoms with E-state index in [4.69, 9.17) is 0 Å². The summed E-state index contributed by atoms with van der Waals surface area (Å²) in [5, 5.41) is 3.12. The molecule has 2 heterocycles. The summed E-state index contributed by atoms with van der Waals surface area (Å²) in [5.74, 6) is 0. The molecule has 4 unspecified atom stereocenters. The fourth-order valence-corrected chi connectivity index (χ4v) is 4.64. The third-order valence-corrected chi connectivity index (χ3v) is 7.17. The molecule has 2 aromatic carbocycles. The average molecular weight is 313 g/mol. The SMILES string of the molecule is CC1SC1c1ccc(Cc2ccc(C3SC3C)cc2)cc1. The van der Waals surface area contributed by atoms with Gasteiger partial charge in [0.05, 0.1) is 0 Å². The van der Waals surface area contributed by atoms with Crippen LogP contribution >= 0.6 is 23.5 Å². The first-order chi connectivity index (χ1) is 10.2. The molecule has 0 aliphatic carbocycles. The van der Waals surface area contributed by atoms with E-state index in [1.807, 2.05) is 0 Å². The van der Waals surface area contributed by atoms with Crippen LogP contribution in [0.4, 0.5) is 0 Å². The van der Waals surface area contributed by atoms with Crippen LogP contribution in [0.15, 0.2) is 48.5 Å². The second-order valence-electron chi connectivity index (χ2n) is 6.18. The van der Waals surface area contributed by atoms with Crippen LogP contribution in [-0.4, -0.2) is 10.5 Å². The van der Waals surface area contributed by atoms with E-state index < -0.39 is 0 Å². The molecule has 0 aromatic heterocycles. The van der Waals surface area contributed by atoms with Gasteiger partial charge in [-0.2, -0.15) is 0 Å². The van der Waals surface area contributed by atoms with Crippen molar-refractivity contribution in [3.05, 3.63) is 70.8 Å². The van der Waals surface area contributed by atoms with Crippen LogP contribution in [0, 0.1) is 0 Å². The number of rotatable bonds is 4. The molecule has 2 aliphatic rings. The molecular formula is C19H20S2. The molecule has 21 heavy (non-hydrogen) atoms. The number of benzene rings is 2. The quantitative estimate of drug-likeness (QED) is 0.671. The van der Waals surface area contributed by atoms with Gasteiger partial charge in [0.1, 0.15) is 0 Å². The van der Waals surface area contributed by atoms with Crippen LogP contribution in [0.5, 0.6) is 0 Å². The molecule has 0 amide bonds. The third kappa shape index (κ3) is 3.02. The van der Waals surface area contributed by atoms with Crippen molar-refractivity contribution < 1.29 is 0 Å². The molecule has 4 atom stereocenters. The third-order valence-electron chi connectivity index (χ3n) is 4.45. The van der Waals surface area contributed by atoms with E-state index in [1.54, 1.807) is 0 Å². The van der Waals surface area contributed by atoms with Crippen molar-refractivity contribution in [2.75, 3.05) is 0 Å². The van der Waals surface area contributed by atoms with Crippen molar-refractivity contribution in [1.82, 2.24) is 0 Å². The van der Waals surface area contributed by atoms with E-state index in [9.17, 15) is 0 Å². The molecule has 0 nitrogen and oxygen atoms in total. The molecular weight excluding hydrogens is 292 g/mol. The van der Waals surface area contributed by atoms with Crippen LogP contribution in [0.3, 0.4) is 0 Å². The van der Waals surface area contributed by atoms with E-state index in [0.717, 1.165) is 27.4 Å². The Morgan fingerprint density at radius 2 is 1.00 bits per heavy atom. The Balaban J connectivity index is 1.43. The molecule has 2 aliphatic heterocycles. The second-order valence-corrected chi connectivity index (χ2v) is 9.23. The minimum atomic E-state index is 0.747. The Bertz CT molecular complexity index is 572. The molecule has 2 aromatic rings. The van der Waals surface area contributed by atoms with Crippen LogP contribution < -0.4 is 0 Å². The Kier molecular flexibility index (Phi) is 3.55. The molecule has 4 rings (SSSR count). The summed E-state index contributed by atoms with van der Waals surface area (Å²) in [6.07, 6.45) is 1.04. The largest absolute Gasteiger partial charge is 0.148 e. The van der Waals surface area contributed by atoms with Crippen molar-refractivity contribution in [2.24, 2.45) is 0 Å². The minimum Gasteiger partial charge on any atom is -0.148 e. The molecule has 0 N–H and O–H groups in total. The topological polar surface area (TPSA) is 0 Å². The van der Waals surface area contributed by atoms with E-state index in [2.05, 4.69) is 85.9 Å². The normalized spacial score (nSPS) is 30.2. The van der Waals surface area contributed by atoms with Crippen molar-refractivity contribution in [3.63, 3.8) is 0 Å². The second kappa shape index (κ2) is 5.40. The predicted molar refractivity (Wildman–Crippen MR) is 95.3 cm³/mol. The van der Waals surface area contributed by atoms with Crippen molar-refractivity contribution in [3.8, 4) is 0 Å². The first-order valence-corrected chi connectivity index (χ1v) is 9.58. The Hall–Kier alpha value is -0.860. The van der Waals surface area contributed by atoms with E-state index in [0.29, 0.717) is 0 Å². The van der Waals surface area contributed by atoms with Crippen molar-refractivity contribution in [1.29, 1.82) is 0 Å². The molecule has 108 valence electrons. The van der Waals surface area contributed by atoms with Gasteiger partial charge >= 0.3 is 0 Å². The van der Waals surface area contributed by atoms with E-state index >= 15 is 0 Å². The summed E-state index contributed by atoms with van der Waals surface area (Å²) in [5.41, 5.74) is 5.82. The molecule has 0 spiro atoms. The Morgan fingerprint density at radius 3 is 1.29 bits per heavy atom. The minimum absolute atomic E-state index is 0.747.